The van der Waals surface area contributed by atoms with Gasteiger partial charge >= 0.3 is 0 Å². The zero-order chi connectivity index (χ0) is 14.0. The normalized spacial score (nSPS) is 21.6. The largest absolute Gasteiger partial charge is 0.338 e. The van der Waals surface area contributed by atoms with Gasteiger partial charge in [0.1, 0.15) is 0 Å². The van der Waals surface area contributed by atoms with Crippen molar-refractivity contribution >= 4 is 33.2 Å². The fourth-order valence-electron chi connectivity index (χ4n) is 2.68. The third kappa shape index (κ3) is 3.82. The lowest BCUT2D eigenvalue weighted by molar-refractivity contribution is -0.131. The first-order chi connectivity index (χ1) is 8.88. The van der Waals surface area contributed by atoms with Crippen molar-refractivity contribution in [3.05, 3.63) is 20.8 Å². The number of carbonyl (C=O) groups is 1. The third-order valence-corrected chi connectivity index (χ3v) is 5.97. The Bertz CT molecular complexity index is 449. The maximum Gasteiger partial charge on any atom is 0.222 e. The fourth-order valence-corrected chi connectivity index (χ4v) is 4.17. The summed E-state index contributed by atoms with van der Waals surface area (Å²) in [6.07, 6.45) is 2.85. The second-order valence-corrected chi connectivity index (χ2v) is 8.25. The molecule has 1 aromatic rings. The number of thiophene rings is 1. The number of carbonyl (C=O) groups excluding carboxylic acids is 1. The topological polar surface area (TPSA) is 20.3 Å². The van der Waals surface area contributed by atoms with Gasteiger partial charge in [0, 0.05) is 22.3 Å². The Labute approximate surface area is 128 Å². The summed E-state index contributed by atoms with van der Waals surface area (Å²) in [5, 5.41) is 2.07. The van der Waals surface area contributed by atoms with E-state index in [9.17, 15) is 4.79 Å². The Balaban J connectivity index is 2.03. The molecule has 1 amide bonds. The van der Waals surface area contributed by atoms with Crippen molar-refractivity contribution in [3.8, 4) is 0 Å². The quantitative estimate of drug-likeness (QED) is 0.762. The highest BCUT2D eigenvalue weighted by molar-refractivity contribution is 9.10. The van der Waals surface area contributed by atoms with E-state index in [0.29, 0.717) is 23.7 Å². The molecule has 106 valence electrons. The molecule has 0 radical (unpaired) electrons. The van der Waals surface area contributed by atoms with Crippen LogP contribution in [0, 0.1) is 11.3 Å². The first-order valence-corrected chi connectivity index (χ1v) is 8.55. The van der Waals surface area contributed by atoms with Gasteiger partial charge in [0.25, 0.3) is 0 Å². The van der Waals surface area contributed by atoms with Gasteiger partial charge in [-0.3, -0.25) is 4.79 Å². The summed E-state index contributed by atoms with van der Waals surface area (Å²) in [6.45, 7) is 8.51. The Morgan fingerprint density at radius 2 is 2.16 bits per heavy atom. The molecule has 1 atom stereocenters. The molecule has 1 aliphatic heterocycles. The van der Waals surface area contributed by atoms with Gasteiger partial charge < -0.3 is 4.90 Å². The summed E-state index contributed by atoms with van der Waals surface area (Å²) in [6, 6.07) is 2.06. The first-order valence-electron chi connectivity index (χ1n) is 6.87. The van der Waals surface area contributed by atoms with Crippen molar-refractivity contribution in [1.29, 1.82) is 0 Å². The van der Waals surface area contributed by atoms with Crippen molar-refractivity contribution in [1.82, 2.24) is 4.90 Å². The molecule has 0 spiro atoms. The van der Waals surface area contributed by atoms with Gasteiger partial charge in [-0.1, -0.05) is 20.8 Å². The van der Waals surface area contributed by atoms with E-state index in [-0.39, 0.29) is 0 Å². The standard InChI is InChI=1S/C15H22BrNOS/c1-15(2,3)11-4-5-14(18)17(8-6-11)10-13-12(16)7-9-19-13/h7,9,11H,4-6,8,10H2,1-3H3. The number of hydrogen-bond acceptors (Lipinski definition) is 2. The highest BCUT2D eigenvalue weighted by atomic mass is 79.9. The SMILES string of the molecule is CC(C)(C)C1CCC(=O)N(Cc2sccc2Br)CC1. The van der Waals surface area contributed by atoms with E-state index in [1.54, 1.807) is 11.3 Å². The van der Waals surface area contributed by atoms with Crippen LogP contribution in [0.25, 0.3) is 0 Å². The molecule has 0 N–H and O–H groups in total. The van der Waals surface area contributed by atoms with Crippen molar-refractivity contribution < 1.29 is 4.79 Å². The molecule has 4 heteroatoms. The number of halogens is 1. The van der Waals surface area contributed by atoms with Crippen LogP contribution in [-0.4, -0.2) is 17.4 Å². The average Bonchev–Trinajstić information content (AvgIpc) is 2.60. The van der Waals surface area contributed by atoms with Gasteiger partial charge in [-0.15, -0.1) is 11.3 Å². The predicted octanol–water partition coefficient (Wildman–Crippen LogP) is 4.69. The van der Waals surface area contributed by atoms with Crippen LogP contribution >= 0.6 is 27.3 Å². The van der Waals surface area contributed by atoms with E-state index in [4.69, 9.17) is 0 Å². The van der Waals surface area contributed by atoms with Crippen LogP contribution in [0.2, 0.25) is 0 Å². The molecule has 19 heavy (non-hydrogen) atoms. The Morgan fingerprint density at radius 1 is 1.42 bits per heavy atom. The summed E-state index contributed by atoms with van der Waals surface area (Å²) >= 11 is 5.27. The molecule has 1 aliphatic rings. The van der Waals surface area contributed by atoms with E-state index < -0.39 is 0 Å². The van der Waals surface area contributed by atoms with E-state index in [2.05, 4.69) is 48.1 Å². The molecule has 0 bridgehead atoms. The molecule has 1 saturated heterocycles. The van der Waals surface area contributed by atoms with Crippen LogP contribution in [0.3, 0.4) is 0 Å². The van der Waals surface area contributed by atoms with Crippen molar-refractivity contribution in [3.63, 3.8) is 0 Å². The Kier molecular flexibility index (Phi) is 4.72. The zero-order valence-electron chi connectivity index (χ0n) is 11.9. The maximum absolute atomic E-state index is 12.2. The second kappa shape index (κ2) is 5.96. The molecule has 0 aromatic carbocycles. The van der Waals surface area contributed by atoms with Crippen LogP contribution in [-0.2, 0) is 11.3 Å². The lowest BCUT2D eigenvalue weighted by atomic mass is 9.77. The molecule has 1 aromatic heterocycles. The average molecular weight is 344 g/mol. The fraction of sp³-hybridized carbons (Fsp3) is 0.667. The monoisotopic (exact) mass is 343 g/mol. The van der Waals surface area contributed by atoms with Gasteiger partial charge in [-0.25, -0.2) is 0 Å². The molecule has 1 fully saturated rings. The van der Waals surface area contributed by atoms with Crippen LogP contribution in [0.4, 0.5) is 0 Å². The number of hydrogen-bond donors (Lipinski definition) is 0. The number of amides is 1. The summed E-state index contributed by atoms with van der Waals surface area (Å²) in [7, 11) is 0. The number of likely N-dealkylation sites (tertiary alicyclic amines) is 1. The van der Waals surface area contributed by atoms with Gasteiger partial charge in [0.05, 0.1) is 6.54 Å². The Hall–Kier alpha value is -0.350. The predicted molar refractivity (Wildman–Crippen MR) is 84.2 cm³/mol. The zero-order valence-corrected chi connectivity index (χ0v) is 14.3. The van der Waals surface area contributed by atoms with Gasteiger partial charge in [-0.2, -0.15) is 0 Å². The van der Waals surface area contributed by atoms with Gasteiger partial charge in [0.2, 0.25) is 5.91 Å². The van der Waals surface area contributed by atoms with Gasteiger partial charge in [-0.05, 0) is 51.6 Å². The molecular weight excluding hydrogens is 322 g/mol. The molecule has 1 unspecified atom stereocenters. The second-order valence-electron chi connectivity index (χ2n) is 6.40. The van der Waals surface area contributed by atoms with Crippen LogP contribution < -0.4 is 0 Å². The highest BCUT2D eigenvalue weighted by Gasteiger charge is 2.30. The van der Waals surface area contributed by atoms with Crippen molar-refractivity contribution in [2.45, 2.75) is 46.6 Å². The van der Waals surface area contributed by atoms with E-state index in [0.717, 1.165) is 30.4 Å². The van der Waals surface area contributed by atoms with E-state index in [1.807, 2.05) is 4.90 Å². The summed E-state index contributed by atoms with van der Waals surface area (Å²) in [5.41, 5.74) is 0.305. The first kappa shape index (κ1) is 15.0. The van der Waals surface area contributed by atoms with E-state index in [1.165, 1.54) is 4.88 Å². The summed E-state index contributed by atoms with van der Waals surface area (Å²) < 4.78 is 1.13. The van der Waals surface area contributed by atoms with Crippen LogP contribution in [0.5, 0.6) is 0 Å². The maximum atomic E-state index is 12.2. The van der Waals surface area contributed by atoms with Gasteiger partial charge in [0.15, 0.2) is 0 Å². The minimum atomic E-state index is 0.305. The minimum Gasteiger partial charge on any atom is -0.338 e. The summed E-state index contributed by atoms with van der Waals surface area (Å²) in [4.78, 5) is 15.5. The molecule has 2 heterocycles. The molecular formula is C15H22BrNOS. The highest BCUT2D eigenvalue weighted by Crippen LogP contribution is 2.35. The number of rotatable bonds is 2. The van der Waals surface area contributed by atoms with Crippen LogP contribution in [0.15, 0.2) is 15.9 Å². The van der Waals surface area contributed by atoms with Crippen molar-refractivity contribution in [2.24, 2.45) is 11.3 Å². The summed E-state index contributed by atoms with van der Waals surface area (Å²) in [5.74, 6) is 0.959. The smallest absolute Gasteiger partial charge is 0.222 e. The molecule has 0 aliphatic carbocycles. The Morgan fingerprint density at radius 3 is 2.74 bits per heavy atom. The molecule has 2 rings (SSSR count). The number of nitrogens with zero attached hydrogens (tertiary/aromatic N) is 1. The lowest BCUT2D eigenvalue weighted by Crippen LogP contribution is -2.30. The van der Waals surface area contributed by atoms with Crippen LogP contribution in [0.1, 0.15) is 44.9 Å². The molecule has 0 saturated carbocycles. The lowest BCUT2D eigenvalue weighted by Gasteiger charge is -2.29. The minimum absolute atomic E-state index is 0.305. The molecule has 2 nitrogen and oxygen atoms in total. The third-order valence-electron chi connectivity index (χ3n) is 4.06. The van der Waals surface area contributed by atoms with Crippen molar-refractivity contribution in [2.75, 3.05) is 6.54 Å². The van der Waals surface area contributed by atoms with E-state index >= 15 is 0 Å².